The molecule has 4 saturated carbocycles. The monoisotopic (exact) mass is 449 g/mol. The van der Waals surface area contributed by atoms with Gasteiger partial charge in [0.15, 0.2) is 0 Å². The molecule has 0 spiro atoms. The molecule has 0 amide bonds. The Labute approximate surface area is 193 Å². The summed E-state index contributed by atoms with van der Waals surface area (Å²) in [7, 11) is 0. The number of hydroxylamine groups is 2. The van der Waals surface area contributed by atoms with Crippen LogP contribution in [-0.2, 0) is 19.2 Å². The lowest BCUT2D eigenvalue weighted by atomic mass is 9.50. The zero-order valence-electron chi connectivity index (χ0n) is 20.5. The van der Waals surface area contributed by atoms with Crippen LogP contribution in [0.2, 0.25) is 0 Å². The van der Waals surface area contributed by atoms with Crippen LogP contribution in [0.3, 0.4) is 0 Å². The van der Waals surface area contributed by atoms with Crippen molar-refractivity contribution in [2.75, 3.05) is 13.2 Å². The predicted molar refractivity (Wildman–Crippen MR) is 122 cm³/mol. The van der Waals surface area contributed by atoms with Gasteiger partial charge in [0, 0.05) is 30.3 Å². The van der Waals surface area contributed by atoms with Crippen LogP contribution in [0.15, 0.2) is 0 Å². The number of carbonyl (C=O) groups excluding carboxylic acids is 2. The molecule has 0 aromatic rings. The van der Waals surface area contributed by atoms with Crippen molar-refractivity contribution in [1.82, 2.24) is 5.06 Å². The van der Waals surface area contributed by atoms with Crippen molar-refractivity contribution in [1.29, 1.82) is 0 Å². The van der Waals surface area contributed by atoms with E-state index in [1.807, 2.05) is 5.06 Å². The van der Waals surface area contributed by atoms with Crippen LogP contribution in [0.5, 0.6) is 0 Å². The van der Waals surface area contributed by atoms with Gasteiger partial charge in [-0.15, -0.1) is 0 Å². The van der Waals surface area contributed by atoms with E-state index >= 15 is 0 Å². The highest BCUT2D eigenvalue weighted by Crippen LogP contribution is 2.58. The minimum absolute atomic E-state index is 0.182. The Morgan fingerprint density at radius 1 is 0.938 bits per heavy atom. The lowest BCUT2D eigenvalue weighted by molar-refractivity contribution is -0.275. The molecule has 182 valence electrons. The molecule has 32 heavy (non-hydrogen) atoms. The number of carbonyl (C=O) groups is 2. The first kappa shape index (κ1) is 24.2. The Morgan fingerprint density at radius 2 is 1.50 bits per heavy atom. The van der Waals surface area contributed by atoms with Gasteiger partial charge in [-0.25, -0.2) is 0 Å². The van der Waals surface area contributed by atoms with Crippen molar-refractivity contribution in [2.45, 2.75) is 115 Å². The number of rotatable bonds is 9. The van der Waals surface area contributed by atoms with Crippen LogP contribution in [0, 0.1) is 23.7 Å². The van der Waals surface area contributed by atoms with Crippen molar-refractivity contribution < 1.29 is 24.3 Å². The zero-order chi connectivity index (χ0) is 23.1. The molecule has 1 saturated heterocycles. The summed E-state index contributed by atoms with van der Waals surface area (Å²) in [5.41, 5.74) is -1.39. The standard InChI is InChI=1S/C26H43NO5/c1-24(2)15-22(28)16-25(3,4)27(24)32-9-7-5-6-8-23(29)31-17-26(30)20-11-18-10-19(13-20)14-21(26)12-18/h18-21,30H,5-17H2,1-4H3. The molecule has 0 aromatic carbocycles. The Morgan fingerprint density at radius 3 is 2.06 bits per heavy atom. The molecule has 0 radical (unpaired) electrons. The van der Waals surface area contributed by atoms with Gasteiger partial charge in [-0.2, -0.15) is 5.06 Å². The minimum atomic E-state index is -0.785. The summed E-state index contributed by atoms with van der Waals surface area (Å²) >= 11 is 0. The molecule has 6 heteroatoms. The highest BCUT2D eigenvalue weighted by atomic mass is 16.7. The molecule has 5 fully saturated rings. The van der Waals surface area contributed by atoms with Crippen LogP contribution in [0.1, 0.15) is 98.3 Å². The van der Waals surface area contributed by atoms with Gasteiger partial charge < -0.3 is 9.84 Å². The second-order valence-electron chi connectivity index (χ2n) is 12.4. The quantitative estimate of drug-likeness (QED) is 0.414. The summed E-state index contributed by atoms with van der Waals surface area (Å²) in [6.07, 6.45) is 9.73. The molecule has 0 unspecified atom stereocenters. The fraction of sp³-hybridized carbons (Fsp3) is 0.923. The number of piperidine rings is 1. The largest absolute Gasteiger partial charge is 0.463 e. The van der Waals surface area contributed by atoms with Crippen LogP contribution >= 0.6 is 0 Å². The summed E-state index contributed by atoms with van der Waals surface area (Å²) < 4.78 is 5.58. The van der Waals surface area contributed by atoms with Crippen molar-refractivity contribution >= 4 is 11.8 Å². The topological polar surface area (TPSA) is 76.1 Å². The van der Waals surface area contributed by atoms with Gasteiger partial charge in [0.25, 0.3) is 0 Å². The molecule has 1 aliphatic heterocycles. The van der Waals surface area contributed by atoms with E-state index in [1.165, 1.54) is 6.42 Å². The smallest absolute Gasteiger partial charge is 0.305 e. The second-order valence-corrected chi connectivity index (χ2v) is 12.4. The first-order valence-electron chi connectivity index (χ1n) is 12.8. The van der Waals surface area contributed by atoms with E-state index < -0.39 is 5.60 Å². The van der Waals surface area contributed by atoms with Gasteiger partial charge in [-0.1, -0.05) is 6.42 Å². The Balaban J connectivity index is 1.12. The van der Waals surface area contributed by atoms with Crippen molar-refractivity contribution in [2.24, 2.45) is 23.7 Å². The summed E-state index contributed by atoms with van der Waals surface area (Å²) in [6.45, 7) is 8.99. The van der Waals surface area contributed by atoms with E-state index in [4.69, 9.17) is 9.57 Å². The second kappa shape index (κ2) is 8.99. The highest BCUT2D eigenvalue weighted by Gasteiger charge is 2.57. The van der Waals surface area contributed by atoms with Gasteiger partial charge >= 0.3 is 5.97 Å². The maximum atomic E-state index is 12.3. The van der Waals surface area contributed by atoms with Crippen LogP contribution < -0.4 is 0 Å². The minimum Gasteiger partial charge on any atom is -0.463 e. The summed E-state index contributed by atoms with van der Waals surface area (Å²) in [5, 5.41) is 13.3. The number of aliphatic hydroxyl groups is 1. The molecular weight excluding hydrogens is 406 g/mol. The maximum Gasteiger partial charge on any atom is 0.305 e. The number of Topliss-reactive ketones (excluding diaryl/α,β-unsaturated/α-hetero) is 1. The molecule has 1 N–H and O–H groups in total. The van der Waals surface area contributed by atoms with E-state index in [0.29, 0.717) is 37.7 Å². The van der Waals surface area contributed by atoms with Crippen LogP contribution in [0.25, 0.3) is 0 Å². The first-order valence-corrected chi connectivity index (χ1v) is 12.8. The third-order valence-corrected chi connectivity index (χ3v) is 8.62. The lowest BCUT2D eigenvalue weighted by Crippen LogP contribution is -2.60. The Kier molecular flexibility index (Phi) is 6.79. The van der Waals surface area contributed by atoms with Crippen LogP contribution in [0.4, 0.5) is 0 Å². The number of hydrogen-bond acceptors (Lipinski definition) is 6. The average Bonchev–Trinajstić information content (AvgIpc) is 2.67. The zero-order valence-corrected chi connectivity index (χ0v) is 20.5. The SMILES string of the molecule is CC1(C)CC(=O)CC(C)(C)N1OCCCCCC(=O)OCC1(O)C2CC3CC(C2)CC1C3. The molecule has 5 rings (SSSR count). The average molecular weight is 450 g/mol. The van der Waals surface area contributed by atoms with Crippen molar-refractivity contribution in [3.63, 3.8) is 0 Å². The molecule has 6 nitrogen and oxygen atoms in total. The Hall–Kier alpha value is -0.980. The number of nitrogens with zero attached hydrogens (tertiary/aromatic N) is 1. The third-order valence-electron chi connectivity index (χ3n) is 8.62. The Bertz CT molecular complexity index is 667. The molecule has 4 aliphatic carbocycles. The van der Waals surface area contributed by atoms with Gasteiger partial charge in [0.05, 0.1) is 6.61 Å². The molecule has 4 bridgehead atoms. The molecular formula is C26H43NO5. The predicted octanol–water partition coefficient (Wildman–Crippen LogP) is 4.43. The van der Waals surface area contributed by atoms with E-state index in [1.54, 1.807) is 0 Å². The number of hydrogen-bond donors (Lipinski definition) is 1. The van der Waals surface area contributed by atoms with Crippen molar-refractivity contribution in [3.8, 4) is 0 Å². The highest BCUT2D eigenvalue weighted by molar-refractivity contribution is 5.81. The van der Waals surface area contributed by atoms with E-state index in [-0.39, 0.29) is 29.4 Å². The fourth-order valence-corrected chi connectivity index (χ4v) is 7.55. The molecule has 1 heterocycles. The summed E-state index contributed by atoms with van der Waals surface area (Å²) in [6, 6.07) is 0. The maximum absolute atomic E-state index is 12.3. The van der Waals surface area contributed by atoms with E-state index in [0.717, 1.165) is 56.8 Å². The lowest BCUT2D eigenvalue weighted by Gasteiger charge is -2.58. The summed E-state index contributed by atoms with van der Waals surface area (Å²) in [4.78, 5) is 30.4. The van der Waals surface area contributed by atoms with E-state index in [2.05, 4.69) is 27.7 Å². The fourth-order valence-electron chi connectivity index (χ4n) is 7.55. The normalized spacial score (nSPS) is 37.6. The number of unbranched alkanes of at least 4 members (excludes halogenated alkanes) is 2. The molecule has 5 aliphatic rings. The molecule has 0 atom stereocenters. The van der Waals surface area contributed by atoms with Gasteiger partial charge in [0.1, 0.15) is 18.0 Å². The van der Waals surface area contributed by atoms with Gasteiger partial charge in [-0.3, -0.25) is 14.4 Å². The van der Waals surface area contributed by atoms with Crippen LogP contribution in [-0.4, -0.2) is 51.8 Å². The van der Waals surface area contributed by atoms with Crippen molar-refractivity contribution in [3.05, 3.63) is 0 Å². The van der Waals surface area contributed by atoms with Gasteiger partial charge in [-0.05, 0) is 96.3 Å². The number of ether oxygens (including phenoxy) is 1. The number of esters is 1. The van der Waals surface area contributed by atoms with Gasteiger partial charge in [0.2, 0.25) is 0 Å². The number of ketones is 1. The van der Waals surface area contributed by atoms with E-state index in [9.17, 15) is 14.7 Å². The first-order chi connectivity index (χ1) is 15.0. The molecule has 0 aromatic heterocycles. The third kappa shape index (κ3) is 4.92. The summed E-state index contributed by atoms with van der Waals surface area (Å²) in [5.74, 6) is 2.32.